The van der Waals surface area contributed by atoms with Crippen LogP contribution in [0, 0.1) is 10.1 Å². The number of rotatable bonds is 5. The third-order valence-corrected chi connectivity index (χ3v) is 2.79. The second kappa shape index (κ2) is 7.23. The van der Waals surface area contributed by atoms with Gasteiger partial charge in [-0.1, -0.05) is 6.08 Å². The maximum Gasteiger partial charge on any atom is 0.270 e. The normalized spacial score (nSPS) is 10.7. The van der Waals surface area contributed by atoms with E-state index >= 15 is 0 Å². The number of non-ortho nitro benzene ring substituents is 1. The molecule has 0 saturated carbocycles. The van der Waals surface area contributed by atoms with E-state index in [2.05, 4.69) is 27.2 Å². The van der Waals surface area contributed by atoms with Gasteiger partial charge in [-0.15, -0.1) is 19.0 Å². The number of nitrogens with one attached hydrogen (secondary N) is 2. The summed E-state index contributed by atoms with van der Waals surface area (Å²) in [5.41, 5.74) is 0.417. The van der Waals surface area contributed by atoms with Gasteiger partial charge in [0.2, 0.25) is 5.95 Å². The molecule has 2 rings (SSSR count). The predicted molar refractivity (Wildman–Crippen MR) is 95.5 cm³/mol. The Morgan fingerprint density at radius 1 is 1.35 bits per heavy atom. The lowest BCUT2D eigenvalue weighted by Gasteiger charge is -2.22. The van der Waals surface area contributed by atoms with Crippen molar-refractivity contribution in [2.75, 3.05) is 17.2 Å². The van der Waals surface area contributed by atoms with E-state index in [1.54, 1.807) is 12.1 Å². The third-order valence-electron chi connectivity index (χ3n) is 2.79. The third kappa shape index (κ3) is 4.79. The Hall–Kier alpha value is -2.41. The Morgan fingerprint density at radius 2 is 2.04 bits per heavy atom. The number of fused-ring (bicyclic) bond motifs is 1. The maximum absolute atomic E-state index is 11.0. The van der Waals surface area contributed by atoms with Crippen molar-refractivity contribution >= 4 is 40.8 Å². The minimum atomic E-state index is -0.426. The largest absolute Gasteiger partial charge is 0.365 e. The number of benzene rings is 1. The molecule has 0 aliphatic rings. The number of aromatic nitrogens is 2. The van der Waals surface area contributed by atoms with Crippen LogP contribution in [-0.4, -0.2) is 27.0 Å². The Morgan fingerprint density at radius 3 is 2.61 bits per heavy atom. The fraction of sp³-hybridized carbons (Fsp3) is 0.333. The van der Waals surface area contributed by atoms with Gasteiger partial charge in [0.15, 0.2) is 0 Å². The summed E-state index contributed by atoms with van der Waals surface area (Å²) in [6, 6.07) is 4.55. The summed E-state index contributed by atoms with van der Waals surface area (Å²) < 4.78 is 0. The number of hydrogen-bond donors (Lipinski definition) is 2. The zero-order valence-corrected chi connectivity index (χ0v) is 14.1. The van der Waals surface area contributed by atoms with Crippen molar-refractivity contribution in [2.45, 2.75) is 26.3 Å². The maximum atomic E-state index is 11.0. The van der Waals surface area contributed by atoms with Gasteiger partial charge < -0.3 is 10.6 Å². The summed E-state index contributed by atoms with van der Waals surface area (Å²) in [7, 11) is 0. The van der Waals surface area contributed by atoms with E-state index in [4.69, 9.17) is 0 Å². The fourth-order valence-electron chi connectivity index (χ4n) is 1.92. The number of anilines is 2. The molecule has 0 atom stereocenters. The molecule has 0 bridgehead atoms. The molecular weight excluding hydrogens is 318 g/mol. The van der Waals surface area contributed by atoms with Crippen molar-refractivity contribution in [3.63, 3.8) is 0 Å². The number of nitrogens with zero attached hydrogens (tertiary/aromatic N) is 3. The molecule has 0 fully saturated rings. The van der Waals surface area contributed by atoms with E-state index in [0.717, 1.165) is 0 Å². The first kappa shape index (κ1) is 18.6. The zero-order chi connectivity index (χ0) is 16.3. The fourth-order valence-corrected chi connectivity index (χ4v) is 1.92. The molecule has 0 saturated heterocycles. The number of hydrogen-bond acceptors (Lipinski definition) is 6. The first-order chi connectivity index (χ1) is 10.3. The first-order valence-corrected chi connectivity index (χ1v) is 6.89. The lowest BCUT2D eigenvalue weighted by Crippen LogP contribution is -2.27. The Kier molecular flexibility index (Phi) is 5.86. The SMILES string of the molecule is C=CCNc1nc(NC(C)(C)C)c2cc([N+](=O)[O-])ccc2n1.Cl. The average molecular weight is 338 g/mol. The van der Waals surface area contributed by atoms with Crippen LogP contribution >= 0.6 is 12.4 Å². The van der Waals surface area contributed by atoms with Gasteiger partial charge in [-0.3, -0.25) is 10.1 Å². The van der Waals surface area contributed by atoms with Crippen LogP contribution in [0.4, 0.5) is 17.5 Å². The molecule has 1 aromatic carbocycles. The molecule has 8 heteroatoms. The lowest BCUT2D eigenvalue weighted by atomic mass is 10.1. The molecule has 23 heavy (non-hydrogen) atoms. The van der Waals surface area contributed by atoms with E-state index in [-0.39, 0.29) is 23.6 Å². The van der Waals surface area contributed by atoms with Gasteiger partial charge >= 0.3 is 0 Å². The van der Waals surface area contributed by atoms with E-state index in [1.165, 1.54) is 12.1 Å². The van der Waals surface area contributed by atoms with Crippen molar-refractivity contribution in [3.8, 4) is 0 Å². The monoisotopic (exact) mass is 337 g/mol. The second-order valence-electron chi connectivity index (χ2n) is 5.90. The highest BCUT2D eigenvalue weighted by Crippen LogP contribution is 2.28. The van der Waals surface area contributed by atoms with Crippen LogP contribution in [0.2, 0.25) is 0 Å². The zero-order valence-electron chi connectivity index (χ0n) is 13.3. The standard InChI is InChI=1S/C15H19N5O2.ClH/c1-5-8-16-14-17-12-7-6-10(20(21)22)9-11(12)13(18-14)19-15(2,3)4;/h5-7,9H,1,8H2,2-4H3,(H2,16,17,18,19);1H. The van der Waals surface area contributed by atoms with Gasteiger partial charge in [0.25, 0.3) is 5.69 Å². The van der Waals surface area contributed by atoms with Gasteiger partial charge in [0.05, 0.1) is 10.4 Å². The molecule has 0 unspecified atom stereocenters. The van der Waals surface area contributed by atoms with Gasteiger partial charge in [0, 0.05) is 29.6 Å². The summed E-state index contributed by atoms with van der Waals surface area (Å²) >= 11 is 0. The highest BCUT2D eigenvalue weighted by molar-refractivity contribution is 5.92. The summed E-state index contributed by atoms with van der Waals surface area (Å²) in [6.45, 7) is 10.2. The van der Waals surface area contributed by atoms with E-state index < -0.39 is 4.92 Å². The molecule has 0 spiro atoms. The van der Waals surface area contributed by atoms with Crippen molar-refractivity contribution in [2.24, 2.45) is 0 Å². The van der Waals surface area contributed by atoms with E-state index in [1.807, 2.05) is 20.8 Å². The lowest BCUT2D eigenvalue weighted by molar-refractivity contribution is -0.384. The number of nitro benzene ring substituents is 1. The van der Waals surface area contributed by atoms with Crippen molar-refractivity contribution in [3.05, 3.63) is 41.0 Å². The van der Waals surface area contributed by atoms with Crippen molar-refractivity contribution in [1.82, 2.24) is 9.97 Å². The van der Waals surface area contributed by atoms with Gasteiger partial charge in [-0.05, 0) is 26.8 Å². The quantitative estimate of drug-likeness (QED) is 0.490. The predicted octanol–water partition coefficient (Wildman–Crippen LogP) is 3.77. The highest BCUT2D eigenvalue weighted by Gasteiger charge is 2.17. The molecular formula is C15H20ClN5O2. The van der Waals surface area contributed by atoms with Crippen molar-refractivity contribution in [1.29, 1.82) is 0 Å². The minimum Gasteiger partial charge on any atom is -0.365 e. The molecule has 1 aromatic heterocycles. The van der Waals surface area contributed by atoms with Crippen LogP contribution in [0.5, 0.6) is 0 Å². The first-order valence-electron chi connectivity index (χ1n) is 6.89. The van der Waals surface area contributed by atoms with Gasteiger partial charge in [-0.25, -0.2) is 4.98 Å². The Labute approximate surface area is 140 Å². The van der Waals surface area contributed by atoms with Crippen LogP contribution in [0.3, 0.4) is 0 Å². The van der Waals surface area contributed by atoms with Crippen LogP contribution in [0.15, 0.2) is 30.9 Å². The van der Waals surface area contributed by atoms with Gasteiger partial charge in [-0.2, -0.15) is 4.98 Å². The molecule has 124 valence electrons. The Bertz CT molecular complexity index is 728. The molecule has 0 radical (unpaired) electrons. The van der Waals surface area contributed by atoms with Gasteiger partial charge in [0.1, 0.15) is 5.82 Å². The van der Waals surface area contributed by atoms with E-state index in [9.17, 15) is 10.1 Å². The topological polar surface area (TPSA) is 93.0 Å². The second-order valence-corrected chi connectivity index (χ2v) is 5.90. The Balaban J connectivity index is 0.00000264. The summed E-state index contributed by atoms with van der Waals surface area (Å²) in [4.78, 5) is 19.3. The summed E-state index contributed by atoms with van der Waals surface area (Å²) in [5.74, 6) is 1.01. The molecule has 2 N–H and O–H groups in total. The molecule has 0 aliphatic heterocycles. The van der Waals surface area contributed by atoms with Crippen molar-refractivity contribution < 1.29 is 4.92 Å². The molecule has 2 aromatic rings. The molecule has 7 nitrogen and oxygen atoms in total. The number of halogens is 1. The van der Waals surface area contributed by atoms with Crippen LogP contribution in [0.1, 0.15) is 20.8 Å². The van der Waals surface area contributed by atoms with E-state index in [0.29, 0.717) is 29.2 Å². The highest BCUT2D eigenvalue weighted by atomic mass is 35.5. The van der Waals surface area contributed by atoms with Crippen LogP contribution in [0.25, 0.3) is 10.9 Å². The number of nitro groups is 1. The van der Waals surface area contributed by atoms with Crippen LogP contribution < -0.4 is 10.6 Å². The smallest absolute Gasteiger partial charge is 0.270 e. The summed E-state index contributed by atoms with van der Waals surface area (Å²) in [6.07, 6.45) is 1.71. The average Bonchev–Trinajstić information content (AvgIpc) is 2.43. The summed E-state index contributed by atoms with van der Waals surface area (Å²) in [5, 5.41) is 17.9. The molecule has 0 aliphatic carbocycles. The van der Waals surface area contributed by atoms with Crippen LogP contribution in [-0.2, 0) is 0 Å². The molecule has 1 heterocycles. The molecule has 0 amide bonds. The minimum absolute atomic E-state index is 0.